The van der Waals surface area contributed by atoms with Crippen molar-refractivity contribution in [1.29, 1.82) is 0 Å². The summed E-state index contributed by atoms with van der Waals surface area (Å²) in [5.41, 5.74) is -0.665. The molecule has 13 nitrogen and oxygen atoms in total. The van der Waals surface area contributed by atoms with Crippen LogP contribution in [0.1, 0.15) is 90.0 Å². The molecule has 0 radical (unpaired) electrons. The Morgan fingerprint density at radius 2 is 1.85 bits per heavy atom. The maximum Gasteiger partial charge on any atom is 0.407 e. The molecule has 2 aliphatic heterocycles. The highest BCUT2D eigenvalue weighted by Gasteiger charge is 2.62. The maximum atomic E-state index is 14.7. The molecule has 5 atom stereocenters. The second-order valence-electron chi connectivity index (χ2n) is 16.5. The molecule has 7 rings (SSSR count). The van der Waals surface area contributed by atoms with E-state index in [0.717, 1.165) is 67.7 Å². The van der Waals surface area contributed by atoms with E-state index in [2.05, 4.69) is 52.9 Å². The molecule has 1 saturated heterocycles. The summed E-state index contributed by atoms with van der Waals surface area (Å²) in [6.45, 7) is 8.14. The average molecular weight is 750 g/mol. The highest BCUT2D eigenvalue weighted by Crippen LogP contribution is 2.45. The molecule has 1 aromatic carbocycles. The van der Waals surface area contributed by atoms with Crippen LogP contribution < -0.4 is 20.1 Å². The van der Waals surface area contributed by atoms with Gasteiger partial charge < -0.3 is 25.0 Å². The van der Waals surface area contributed by atoms with Crippen LogP contribution >= 0.6 is 0 Å². The molecule has 0 spiro atoms. The molecule has 286 valence electrons. The lowest BCUT2D eigenvalue weighted by atomic mass is 9.87. The van der Waals surface area contributed by atoms with Gasteiger partial charge >= 0.3 is 6.09 Å². The van der Waals surface area contributed by atoms with E-state index in [1.165, 1.54) is 11.0 Å². The van der Waals surface area contributed by atoms with Crippen LogP contribution in [0.4, 0.5) is 4.79 Å². The van der Waals surface area contributed by atoms with E-state index in [1.807, 2.05) is 12.1 Å². The van der Waals surface area contributed by atoms with E-state index in [9.17, 15) is 27.6 Å². The summed E-state index contributed by atoms with van der Waals surface area (Å²) in [6, 6.07) is 6.12. The highest BCUT2D eigenvalue weighted by molar-refractivity contribution is 7.91. The van der Waals surface area contributed by atoms with Crippen LogP contribution in [0.5, 0.6) is 5.88 Å². The number of fused-ring (bicyclic) bond motifs is 3. The fourth-order valence-corrected chi connectivity index (χ4v) is 9.64. The van der Waals surface area contributed by atoms with E-state index in [4.69, 9.17) is 9.47 Å². The summed E-state index contributed by atoms with van der Waals surface area (Å²) in [5, 5.41) is 6.88. The number of amides is 4. The van der Waals surface area contributed by atoms with E-state index in [-0.39, 0.29) is 37.3 Å². The Morgan fingerprint density at radius 3 is 2.57 bits per heavy atom. The van der Waals surface area contributed by atoms with Crippen molar-refractivity contribution in [2.24, 2.45) is 17.3 Å². The SMILES string of the molecule is C=CC1CC1(NC(=O)C1CC2CN1C(=O)C(C1CCCC1)NC(=O)OCC(C)(C)CCCCc1ccc3ccnc(c3c1)O2)C(=O)NS(=O)(=O)C1CC1. The summed E-state index contributed by atoms with van der Waals surface area (Å²) < 4.78 is 39.9. The molecule has 3 N–H and O–H groups in total. The smallest absolute Gasteiger partial charge is 0.407 e. The number of hydrogen-bond acceptors (Lipinski definition) is 9. The number of sulfonamides is 1. The molecule has 3 aliphatic carbocycles. The second-order valence-corrected chi connectivity index (χ2v) is 18.4. The third-order valence-electron chi connectivity index (χ3n) is 11.7. The number of nitrogens with zero attached hydrogens (tertiary/aromatic N) is 2. The number of rotatable bonds is 7. The van der Waals surface area contributed by atoms with Gasteiger partial charge in [0.25, 0.3) is 5.91 Å². The van der Waals surface area contributed by atoms with Crippen molar-refractivity contribution >= 4 is 44.6 Å². The second kappa shape index (κ2) is 14.6. The normalized spacial score (nSPS) is 29.6. The van der Waals surface area contributed by atoms with Crippen LogP contribution in [-0.4, -0.2) is 84.2 Å². The first-order valence-electron chi connectivity index (χ1n) is 19.1. The number of benzene rings is 1. The Labute approximate surface area is 311 Å². The summed E-state index contributed by atoms with van der Waals surface area (Å²) in [6.07, 6.45) is 9.95. The lowest BCUT2D eigenvalue weighted by Crippen LogP contribution is -2.59. The van der Waals surface area contributed by atoms with E-state index in [1.54, 1.807) is 6.20 Å². The number of carbonyl (C=O) groups is 4. The Balaban J connectivity index is 1.21. The largest absolute Gasteiger partial charge is 0.472 e. The van der Waals surface area contributed by atoms with E-state index < -0.39 is 68.7 Å². The zero-order valence-electron chi connectivity index (χ0n) is 30.6. The summed E-state index contributed by atoms with van der Waals surface area (Å²) in [4.78, 5) is 61.9. The van der Waals surface area contributed by atoms with Crippen molar-refractivity contribution in [3.8, 4) is 5.88 Å². The van der Waals surface area contributed by atoms with Crippen LogP contribution in [0.3, 0.4) is 0 Å². The van der Waals surface area contributed by atoms with Crippen molar-refractivity contribution in [2.45, 2.75) is 120 Å². The minimum atomic E-state index is -3.88. The molecule has 53 heavy (non-hydrogen) atoms. The van der Waals surface area contributed by atoms with Gasteiger partial charge in [-0.25, -0.2) is 18.2 Å². The zero-order chi connectivity index (χ0) is 37.5. The topological polar surface area (TPSA) is 173 Å². The predicted molar refractivity (Wildman–Crippen MR) is 197 cm³/mol. The van der Waals surface area contributed by atoms with Gasteiger partial charge in [0.05, 0.1) is 18.4 Å². The Morgan fingerprint density at radius 1 is 1.08 bits per heavy atom. The summed E-state index contributed by atoms with van der Waals surface area (Å²) in [7, 11) is -3.88. The lowest BCUT2D eigenvalue weighted by molar-refractivity contribution is -0.142. The Hall–Kier alpha value is -4.20. The molecule has 5 unspecified atom stereocenters. The molecule has 3 saturated carbocycles. The summed E-state index contributed by atoms with van der Waals surface area (Å²) >= 11 is 0. The molecule has 1 aromatic heterocycles. The first-order chi connectivity index (χ1) is 25.3. The minimum Gasteiger partial charge on any atom is -0.472 e. The van der Waals surface area contributed by atoms with Crippen molar-refractivity contribution in [1.82, 2.24) is 25.2 Å². The van der Waals surface area contributed by atoms with E-state index in [0.29, 0.717) is 18.7 Å². The van der Waals surface area contributed by atoms with Crippen LogP contribution in [0.15, 0.2) is 43.1 Å². The molecule has 5 aliphatic rings. The number of aryl methyl sites for hydroxylation is 1. The van der Waals surface area contributed by atoms with Crippen molar-refractivity contribution in [2.75, 3.05) is 13.2 Å². The Kier molecular flexibility index (Phi) is 10.2. The first kappa shape index (κ1) is 37.1. The third kappa shape index (κ3) is 8.02. The number of hydrogen-bond donors (Lipinski definition) is 3. The molecular weight excluding hydrogens is 699 g/mol. The van der Waals surface area contributed by atoms with Crippen molar-refractivity contribution in [3.05, 3.63) is 48.7 Å². The number of carbonyl (C=O) groups excluding carboxylic acids is 4. The maximum absolute atomic E-state index is 14.7. The molecule has 14 heteroatoms. The third-order valence-corrected chi connectivity index (χ3v) is 13.6. The summed E-state index contributed by atoms with van der Waals surface area (Å²) in [5.74, 6) is -2.12. The van der Waals surface area contributed by atoms with Gasteiger partial charge in [0.15, 0.2) is 0 Å². The van der Waals surface area contributed by atoms with Gasteiger partial charge in [-0.3, -0.25) is 19.1 Å². The number of nitrogens with one attached hydrogen (secondary N) is 3. The van der Waals surface area contributed by atoms with Crippen molar-refractivity contribution < 1.29 is 37.1 Å². The molecule has 2 aromatic rings. The number of pyridine rings is 1. The molecule has 4 bridgehead atoms. The van der Waals surface area contributed by atoms with E-state index >= 15 is 0 Å². The molecular formula is C39H51N5O8S. The zero-order valence-corrected chi connectivity index (χ0v) is 31.4. The fourth-order valence-electron chi connectivity index (χ4n) is 8.28. The predicted octanol–water partition coefficient (Wildman–Crippen LogP) is 4.29. The standard InChI is InChI=1S/C39H51N5O8S/c1-4-27-21-39(27,36(47)43-53(49,50)29-14-15-29)42-33(45)31-20-28-22-44(31)35(46)32(26-10-5-6-11-26)41-37(48)51-23-38(2,3)17-8-7-9-24-12-13-25-16-18-40-34(52-28)30(25)19-24/h4,12-13,16,18-19,26-29,31-32H,1,5-11,14-15,17,20-23H2,2-3H3,(H,41,48)(H,42,45)(H,43,47). The van der Waals surface area contributed by atoms with Gasteiger partial charge in [-0.1, -0.05) is 51.3 Å². The van der Waals surface area contributed by atoms with Crippen LogP contribution in [0.25, 0.3) is 10.8 Å². The molecule has 4 amide bonds. The minimum absolute atomic E-state index is 0.0296. The van der Waals surface area contributed by atoms with Crippen LogP contribution in [0.2, 0.25) is 0 Å². The van der Waals surface area contributed by atoms with Gasteiger partial charge in [-0.15, -0.1) is 6.58 Å². The average Bonchev–Trinajstić information content (AvgIpc) is 4.00. The Bertz CT molecular complexity index is 1890. The fraction of sp³-hybridized carbons (Fsp3) is 0.615. The van der Waals surface area contributed by atoms with Gasteiger partial charge in [0, 0.05) is 23.9 Å². The number of cyclic esters (lactones) is 1. The highest BCUT2D eigenvalue weighted by atomic mass is 32.2. The van der Waals surface area contributed by atoms with Gasteiger partial charge in [-0.05, 0) is 85.8 Å². The van der Waals surface area contributed by atoms with Crippen molar-refractivity contribution in [3.63, 3.8) is 0 Å². The molecule has 4 fully saturated rings. The monoisotopic (exact) mass is 749 g/mol. The van der Waals surface area contributed by atoms with Crippen LogP contribution in [-0.2, 0) is 35.6 Å². The number of alkyl carbamates (subject to hydrolysis) is 1. The number of aromatic nitrogens is 1. The van der Waals surface area contributed by atoms with Gasteiger partial charge in [-0.2, -0.15) is 0 Å². The quantitative estimate of drug-likeness (QED) is 0.349. The van der Waals surface area contributed by atoms with Crippen LogP contribution in [0, 0.1) is 17.3 Å². The number of ether oxygens (including phenoxy) is 2. The first-order valence-corrected chi connectivity index (χ1v) is 20.6. The molecule has 3 heterocycles. The van der Waals surface area contributed by atoms with Gasteiger partial charge in [0.2, 0.25) is 27.7 Å². The lowest BCUT2D eigenvalue weighted by Gasteiger charge is -2.32. The van der Waals surface area contributed by atoms with Gasteiger partial charge in [0.1, 0.15) is 23.7 Å².